The fraction of sp³-hybridized carbons (Fsp3) is 0.538. The number of morpholine rings is 1. The molecular formula is C13H17N3O2. The summed E-state index contributed by atoms with van der Waals surface area (Å²) >= 11 is 0. The maximum atomic E-state index is 12.3. The van der Waals surface area contributed by atoms with Gasteiger partial charge in [0, 0.05) is 32.4 Å². The van der Waals surface area contributed by atoms with Gasteiger partial charge in [0.2, 0.25) is 0 Å². The lowest BCUT2D eigenvalue weighted by molar-refractivity contribution is 0.0651. The first kappa shape index (κ1) is 11.5. The topological polar surface area (TPSA) is 45.7 Å². The summed E-state index contributed by atoms with van der Waals surface area (Å²) in [5, 5.41) is 0. The van der Waals surface area contributed by atoms with Gasteiger partial charge in [0.15, 0.2) is 0 Å². The summed E-state index contributed by atoms with van der Waals surface area (Å²) in [5.41, 5.74) is 0.721. The van der Waals surface area contributed by atoms with E-state index in [1.807, 2.05) is 17.0 Å². The first-order valence-corrected chi connectivity index (χ1v) is 6.43. The zero-order valence-corrected chi connectivity index (χ0v) is 10.3. The average Bonchev–Trinajstić information content (AvgIpc) is 2.38. The summed E-state index contributed by atoms with van der Waals surface area (Å²) in [4.78, 5) is 20.7. The third-order valence-corrected chi connectivity index (χ3v) is 3.47. The molecule has 0 unspecified atom stereocenters. The van der Waals surface area contributed by atoms with E-state index < -0.39 is 0 Å². The number of pyridine rings is 1. The van der Waals surface area contributed by atoms with Gasteiger partial charge in [-0.05, 0) is 18.6 Å². The summed E-state index contributed by atoms with van der Waals surface area (Å²) in [5.74, 6) is 0.911. The Morgan fingerprint density at radius 3 is 2.67 bits per heavy atom. The molecular weight excluding hydrogens is 230 g/mol. The highest BCUT2D eigenvalue weighted by molar-refractivity contribution is 5.99. The summed E-state index contributed by atoms with van der Waals surface area (Å²) in [7, 11) is 0. The van der Waals surface area contributed by atoms with Gasteiger partial charge in [0.25, 0.3) is 5.91 Å². The quantitative estimate of drug-likeness (QED) is 0.774. The molecule has 0 radical (unpaired) electrons. The van der Waals surface area contributed by atoms with Crippen molar-refractivity contribution in [1.82, 2.24) is 9.88 Å². The molecule has 0 spiro atoms. The van der Waals surface area contributed by atoms with Crippen LogP contribution in [0.15, 0.2) is 18.3 Å². The summed E-state index contributed by atoms with van der Waals surface area (Å²) in [6.07, 6.45) is 2.86. The molecule has 0 saturated carbocycles. The molecule has 1 amide bonds. The van der Waals surface area contributed by atoms with Crippen molar-refractivity contribution in [3.8, 4) is 0 Å². The van der Waals surface area contributed by atoms with Crippen molar-refractivity contribution in [2.24, 2.45) is 0 Å². The third kappa shape index (κ3) is 2.06. The minimum absolute atomic E-state index is 0.107. The van der Waals surface area contributed by atoms with E-state index in [4.69, 9.17) is 4.74 Å². The molecule has 1 aromatic heterocycles. The molecule has 0 atom stereocenters. The van der Waals surface area contributed by atoms with Crippen LogP contribution in [-0.4, -0.2) is 55.2 Å². The van der Waals surface area contributed by atoms with E-state index in [0.29, 0.717) is 13.2 Å². The van der Waals surface area contributed by atoms with E-state index >= 15 is 0 Å². The molecule has 3 rings (SSSR count). The molecule has 0 aromatic carbocycles. The van der Waals surface area contributed by atoms with Crippen molar-refractivity contribution in [2.45, 2.75) is 6.42 Å². The fourth-order valence-corrected chi connectivity index (χ4v) is 2.28. The molecule has 2 aliphatic rings. The molecule has 96 valence electrons. The van der Waals surface area contributed by atoms with Crippen LogP contribution in [0.2, 0.25) is 0 Å². The summed E-state index contributed by atoms with van der Waals surface area (Å²) in [6, 6.07) is 3.70. The number of carbonyl (C=O) groups excluding carboxylic acids is 1. The van der Waals surface area contributed by atoms with Crippen molar-refractivity contribution in [2.75, 3.05) is 44.3 Å². The van der Waals surface area contributed by atoms with Crippen LogP contribution in [0.1, 0.15) is 16.8 Å². The maximum Gasteiger partial charge on any atom is 0.257 e. The second kappa shape index (κ2) is 4.94. The van der Waals surface area contributed by atoms with Crippen LogP contribution in [-0.2, 0) is 4.74 Å². The molecule has 18 heavy (non-hydrogen) atoms. The maximum absolute atomic E-state index is 12.3. The van der Waals surface area contributed by atoms with Gasteiger partial charge in [-0.25, -0.2) is 4.98 Å². The molecule has 0 aliphatic carbocycles. The van der Waals surface area contributed by atoms with Crippen LogP contribution in [0.3, 0.4) is 0 Å². The van der Waals surface area contributed by atoms with E-state index in [1.165, 1.54) is 0 Å². The molecule has 2 saturated heterocycles. The number of hydrogen-bond donors (Lipinski definition) is 0. The zero-order valence-electron chi connectivity index (χ0n) is 10.3. The largest absolute Gasteiger partial charge is 0.378 e. The SMILES string of the molecule is O=C(c1cccnc1N1CCOCC1)N1CCC1. The molecule has 5 heteroatoms. The van der Waals surface area contributed by atoms with E-state index in [-0.39, 0.29) is 5.91 Å². The van der Waals surface area contributed by atoms with E-state index in [9.17, 15) is 4.79 Å². The number of ether oxygens (including phenoxy) is 1. The van der Waals surface area contributed by atoms with E-state index in [1.54, 1.807) is 6.20 Å². The monoisotopic (exact) mass is 247 g/mol. The van der Waals surface area contributed by atoms with Crippen molar-refractivity contribution < 1.29 is 9.53 Å². The number of aromatic nitrogens is 1. The number of amides is 1. The van der Waals surface area contributed by atoms with Crippen LogP contribution < -0.4 is 4.90 Å². The number of likely N-dealkylation sites (tertiary alicyclic amines) is 1. The van der Waals surface area contributed by atoms with Gasteiger partial charge in [-0.15, -0.1) is 0 Å². The Balaban J connectivity index is 1.86. The van der Waals surface area contributed by atoms with Crippen molar-refractivity contribution in [3.63, 3.8) is 0 Å². The van der Waals surface area contributed by atoms with Crippen LogP contribution in [0.4, 0.5) is 5.82 Å². The van der Waals surface area contributed by atoms with E-state index in [2.05, 4.69) is 9.88 Å². The number of hydrogen-bond acceptors (Lipinski definition) is 4. The Morgan fingerprint density at radius 2 is 2.00 bits per heavy atom. The van der Waals surface area contributed by atoms with Gasteiger partial charge in [0.1, 0.15) is 5.82 Å². The summed E-state index contributed by atoms with van der Waals surface area (Å²) in [6.45, 7) is 4.75. The highest BCUT2D eigenvalue weighted by Crippen LogP contribution is 2.22. The number of carbonyl (C=O) groups is 1. The van der Waals surface area contributed by atoms with Gasteiger partial charge >= 0.3 is 0 Å². The van der Waals surface area contributed by atoms with Gasteiger partial charge in [-0.2, -0.15) is 0 Å². The zero-order chi connectivity index (χ0) is 12.4. The highest BCUT2D eigenvalue weighted by atomic mass is 16.5. The molecule has 1 aromatic rings. The van der Waals surface area contributed by atoms with Crippen LogP contribution in [0, 0.1) is 0 Å². The molecule has 3 heterocycles. The van der Waals surface area contributed by atoms with Gasteiger partial charge < -0.3 is 14.5 Å². The van der Waals surface area contributed by atoms with Crippen molar-refractivity contribution in [3.05, 3.63) is 23.9 Å². The Kier molecular flexibility index (Phi) is 3.15. The molecule has 5 nitrogen and oxygen atoms in total. The van der Waals surface area contributed by atoms with Crippen LogP contribution >= 0.6 is 0 Å². The van der Waals surface area contributed by atoms with Gasteiger partial charge in [-0.1, -0.05) is 0 Å². The second-order valence-corrected chi connectivity index (χ2v) is 4.62. The molecule has 0 N–H and O–H groups in total. The Morgan fingerprint density at radius 1 is 1.22 bits per heavy atom. The highest BCUT2D eigenvalue weighted by Gasteiger charge is 2.26. The molecule has 2 aliphatic heterocycles. The minimum atomic E-state index is 0.107. The average molecular weight is 247 g/mol. The Labute approximate surface area is 106 Å². The Bertz CT molecular complexity index is 440. The molecule has 2 fully saturated rings. The van der Waals surface area contributed by atoms with Gasteiger partial charge in [0.05, 0.1) is 18.8 Å². The number of rotatable bonds is 2. The van der Waals surface area contributed by atoms with E-state index in [0.717, 1.165) is 44.0 Å². The summed E-state index contributed by atoms with van der Waals surface area (Å²) < 4.78 is 5.34. The third-order valence-electron chi connectivity index (χ3n) is 3.47. The number of anilines is 1. The number of nitrogens with zero attached hydrogens (tertiary/aromatic N) is 3. The predicted octanol–water partition coefficient (Wildman–Crippen LogP) is 0.764. The van der Waals surface area contributed by atoms with Gasteiger partial charge in [-0.3, -0.25) is 4.79 Å². The standard InChI is InChI=1S/C13H17N3O2/c17-13(16-5-2-6-16)11-3-1-4-14-12(11)15-7-9-18-10-8-15/h1,3-4H,2,5-10H2. The first-order valence-electron chi connectivity index (χ1n) is 6.43. The predicted molar refractivity (Wildman–Crippen MR) is 67.8 cm³/mol. The van der Waals surface area contributed by atoms with Crippen LogP contribution in [0.5, 0.6) is 0 Å². The lowest BCUT2D eigenvalue weighted by Crippen LogP contribution is -2.43. The lowest BCUT2D eigenvalue weighted by Gasteiger charge is -2.33. The van der Waals surface area contributed by atoms with Crippen molar-refractivity contribution in [1.29, 1.82) is 0 Å². The lowest BCUT2D eigenvalue weighted by atomic mass is 10.1. The second-order valence-electron chi connectivity index (χ2n) is 4.62. The fourth-order valence-electron chi connectivity index (χ4n) is 2.28. The van der Waals surface area contributed by atoms with Crippen LogP contribution in [0.25, 0.3) is 0 Å². The minimum Gasteiger partial charge on any atom is -0.378 e. The smallest absolute Gasteiger partial charge is 0.257 e. The Hall–Kier alpha value is -1.62. The normalized spacial score (nSPS) is 19.6. The molecule has 0 bridgehead atoms. The van der Waals surface area contributed by atoms with Crippen molar-refractivity contribution >= 4 is 11.7 Å². The first-order chi connectivity index (χ1) is 8.86.